The smallest absolute Gasteiger partial charge is 0.118 e. The summed E-state index contributed by atoms with van der Waals surface area (Å²) in [6, 6.07) is 8.01. The molecule has 1 aromatic carbocycles. The molecule has 0 atom stereocenters. The molecule has 2 aromatic rings. The van der Waals surface area contributed by atoms with Gasteiger partial charge in [0, 0.05) is 23.3 Å². The summed E-state index contributed by atoms with van der Waals surface area (Å²) in [4.78, 5) is 8.17. The number of benzene rings is 1. The molecule has 98 valence electrons. The molecular weight excluding hydrogens is 304 g/mol. The van der Waals surface area contributed by atoms with Gasteiger partial charge in [-0.15, -0.1) is 0 Å². The van der Waals surface area contributed by atoms with Crippen molar-refractivity contribution in [3.05, 3.63) is 60.2 Å². The first-order valence-electron chi connectivity index (χ1n) is 6.01. The van der Waals surface area contributed by atoms with E-state index in [1.807, 2.05) is 36.7 Å². The van der Waals surface area contributed by atoms with Crippen LogP contribution in [0.1, 0.15) is 17.5 Å². The minimum absolute atomic E-state index is 0.855. The molecule has 3 nitrogen and oxygen atoms in total. The monoisotopic (exact) mass is 318 g/mol. The number of halogens is 1. The van der Waals surface area contributed by atoms with Crippen LogP contribution in [0.3, 0.4) is 0 Å². The molecule has 0 aliphatic rings. The Kier molecular flexibility index (Phi) is 5.10. The topological polar surface area (TPSA) is 35.0 Å². The number of ether oxygens (including phenoxy) is 1. The third kappa shape index (κ3) is 3.64. The van der Waals surface area contributed by atoms with E-state index in [0.717, 1.165) is 34.2 Å². The van der Waals surface area contributed by atoms with Gasteiger partial charge in [-0.2, -0.15) is 0 Å². The number of aromatic nitrogens is 2. The highest BCUT2D eigenvalue weighted by Gasteiger charge is 2.05. The van der Waals surface area contributed by atoms with Gasteiger partial charge >= 0.3 is 0 Å². The lowest BCUT2D eigenvalue weighted by Gasteiger charge is -2.08. The molecule has 4 heteroatoms. The summed E-state index contributed by atoms with van der Waals surface area (Å²) in [5.41, 5.74) is 3.30. The molecule has 2 rings (SSSR count). The number of hydrogen-bond donors (Lipinski definition) is 0. The van der Waals surface area contributed by atoms with Gasteiger partial charge in [0.15, 0.2) is 0 Å². The first-order chi connectivity index (χ1) is 9.35. The summed E-state index contributed by atoms with van der Waals surface area (Å²) < 4.78 is 5.18. The van der Waals surface area contributed by atoms with Crippen LogP contribution in [0.15, 0.2) is 49.1 Å². The van der Waals surface area contributed by atoms with Crippen molar-refractivity contribution >= 4 is 21.5 Å². The van der Waals surface area contributed by atoms with Crippen molar-refractivity contribution in [1.29, 1.82) is 0 Å². The van der Waals surface area contributed by atoms with E-state index in [2.05, 4.69) is 32.0 Å². The molecule has 0 unspecified atom stereocenters. The summed E-state index contributed by atoms with van der Waals surface area (Å²) in [6.07, 6.45) is 8.35. The maximum atomic E-state index is 5.18. The van der Waals surface area contributed by atoms with Crippen LogP contribution in [-0.4, -0.2) is 22.4 Å². The van der Waals surface area contributed by atoms with E-state index in [1.54, 1.807) is 13.4 Å². The minimum atomic E-state index is 0.855. The van der Waals surface area contributed by atoms with Crippen LogP contribution in [0.2, 0.25) is 0 Å². The summed E-state index contributed by atoms with van der Waals surface area (Å²) in [5, 5.41) is 0.931. The van der Waals surface area contributed by atoms with Crippen molar-refractivity contribution < 1.29 is 4.74 Å². The molecule has 0 amide bonds. The molecule has 1 aromatic heterocycles. The second-order valence-corrected chi connectivity index (χ2v) is 4.74. The van der Waals surface area contributed by atoms with Gasteiger partial charge in [-0.1, -0.05) is 34.1 Å². The van der Waals surface area contributed by atoms with Gasteiger partial charge in [-0.25, -0.2) is 9.97 Å². The fraction of sp³-hybridized carbons (Fsp3) is 0.200. The molecule has 19 heavy (non-hydrogen) atoms. The Bertz CT molecular complexity index is 538. The highest BCUT2D eigenvalue weighted by molar-refractivity contribution is 9.09. The van der Waals surface area contributed by atoms with Crippen LogP contribution in [0, 0.1) is 0 Å². The first-order valence-corrected chi connectivity index (χ1v) is 7.13. The fourth-order valence-electron chi connectivity index (χ4n) is 1.81. The normalized spacial score (nSPS) is 11.4. The van der Waals surface area contributed by atoms with Crippen LogP contribution < -0.4 is 4.74 Å². The van der Waals surface area contributed by atoms with Crippen molar-refractivity contribution in [2.24, 2.45) is 0 Å². The van der Waals surface area contributed by atoms with Crippen molar-refractivity contribution in [3.8, 4) is 5.75 Å². The minimum Gasteiger partial charge on any atom is -0.497 e. The highest BCUT2D eigenvalue weighted by Crippen LogP contribution is 2.25. The Morgan fingerprint density at radius 3 is 2.42 bits per heavy atom. The SMILES string of the molecule is COc1ccc(/C(=C/CCBr)c2cncnc2)cc1. The number of methoxy groups -OCH3 is 1. The Morgan fingerprint density at radius 2 is 1.84 bits per heavy atom. The maximum absolute atomic E-state index is 5.18. The maximum Gasteiger partial charge on any atom is 0.118 e. The number of nitrogens with zero attached hydrogens (tertiary/aromatic N) is 2. The predicted octanol–water partition coefficient (Wildman–Crippen LogP) is 3.70. The van der Waals surface area contributed by atoms with Gasteiger partial charge in [0.25, 0.3) is 0 Å². The van der Waals surface area contributed by atoms with Gasteiger partial charge in [-0.05, 0) is 29.7 Å². The molecular formula is C15H15BrN2O. The molecule has 0 saturated carbocycles. The third-order valence-corrected chi connectivity index (χ3v) is 3.19. The largest absolute Gasteiger partial charge is 0.497 e. The van der Waals surface area contributed by atoms with E-state index in [0.29, 0.717) is 0 Å². The highest BCUT2D eigenvalue weighted by atomic mass is 79.9. The van der Waals surface area contributed by atoms with Crippen molar-refractivity contribution in [2.45, 2.75) is 6.42 Å². The van der Waals surface area contributed by atoms with Gasteiger partial charge in [-0.3, -0.25) is 0 Å². The lowest BCUT2D eigenvalue weighted by molar-refractivity contribution is 0.415. The number of allylic oxidation sites excluding steroid dienone is 1. The van der Waals surface area contributed by atoms with Crippen LogP contribution in [0.25, 0.3) is 5.57 Å². The van der Waals surface area contributed by atoms with Crippen molar-refractivity contribution in [2.75, 3.05) is 12.4 Å². The summed E-state index contributed by atoms with van der Waals surface area (Å²) >= 11 is 3.45. The average molecular weight is 319 g/mol. The van der Waals surface area contributed by atoms with E-state index in [4.69, 9.17) is 4.74 Å². The van der Waals surface area contributed by atoms with Gasteiger partial charge < -0.3 is 4.74 Å². The number of rotatable bonds is 5. The lowest BCUT2D eigenvalue weighted by atomic mass is 9.99. The summed E-state index contributed by atoms with van der Waals surface area (Å²) in [5.74, 6) is 0.855. The Balaban J connectivity index is 2.37. The first kappa shape index (κ1) is 13.7. The zero-order valence-corrected chi connectivity index (χ0v) is 12.3. The average Bonchev–Trinajstić information content (AvgIpc) is 2.49. The van der Waals surface area contributed by atoms with Crippen LogP contribution in [-0.2, 0) is 0 Å². The molecule has 0 radical (unpaired) electrons. The van der Waals surface area contributed by atoms with E-state index in [9.17, 15) is 0 Å². The number of alkyl halides is 1. The molecule has 0 bridgehead atoms. The van der Waals surface area contributed by atoms with Crippen molar-refractivity contribution in [3.63, 3.8) is 0 Å². The standard InChI is InChI=1S/C15H15BrN2O/c1-19-14-6-4-12(5-7-14)15(3-2-8-16)13-9-17-11-18-10-13/h3-7,9-11H,2,8H2,1H3/b15-3-. The van der Waals surface area contributed by atoms with Crippen LogP contribution in [0.4, 0.5) is 0 Å². The Labute approximate surface area is 121 Å². The molecule has 0 fully saturated rings. The van der Waals surface area contributed by atoms with E-state index >= 15 is 0 Å². The molecule has 0 aliphatic heterocycles. The van der Waals surface area contributed by atoms with Gasteiger partial charge in [0.2, 0.25) is 0 Å². The Morgan fingerprint density at radius 1 is 1.16 bits per heavy atom. The molecule has 0 N–H and O–H groups in total. The van der Waals surface area contributed by atoms with Gasteiger partial charge in [0.05, 0.1) is 7.11 Å². The van der Waals surface area contributed by atoms with Crippen LogP contribution in [0.5, 0.6) is 5.75 Å². The zero-order chi connectivity index (χ0) is 13.5. The number of hydrogen-bond acceptors (Lipinski definition) is 3. The second-order valence-electron chi connectivity index (χ2n) is 3.95. The quantitative estimate of drug-likeness (QED) is 0.788. The predicted molar refractivity (Wildman–Crippen MR) is 80.5 cm³/mol. The fourth-order valence-corrected chi connectivity index (χ4v) is 2.04. The van der Waals surface area contributed by atoms with Crippen molar-refractivity contribution in [1.82, 2.24) is 9.97 Å². The molecule has 1 heterocycles. The zero-order valence-electron chi connectivity index (χ0n) is 10.7. The van der Waals surface area contributed by atoms with E-state index in [1.165, 1.54) is 0 Å². The molecule has 0 spiro atoms. The molecule has 0 saturated heterocycles. The molecule has 0 aliphatic carbocycles. The van der Waals surface area contributed by atoms with E-state index in [-0.39, 0.29) is 0 Å². The van der Waals surface area contributed by atoms with Crippen LogP contribution >= 0.6 is 15.9 Å². The summed E-state index contributed by atoms with van der Waals surface area (Å²) in [7, 11) is 1.67. The lowest BCUT2D eigenvalue weighted by Crippen LogP contribution is -1.92. The summed E-state index contributed by atoms with van der Waals surface area (Å²) in [6.45, 7) is 0. The van der Waals surface area contributed by atoms with Gasteiger partial charge in [0.1, 0.15) is 12.1 Å². The second kappa shape index (κ2) is 7.04. The Hall–Kier alpha value is -1.68. The van der Waals surface area contributed by atoms with E-state index < -0.39 is 0 Å². The third-order valence-electron chi connectivity index (χ3n) is 2.73.